The zero-order chi connectivity index (χ0) is 17.2. The molecule has 1 heterocycles. The van der Waals surface area contributed by atoms with Crippen LogP contribution in [0.15, 0.2) is 47.4 Å². The van der Waals surface area contributed by atoms with Gasteiger partial charge in [-0.1, -0.05) is 19.1 Å². The maximum absolute atomic E-state index is 12.3. The number of nitrogens with one attached hydrogen (secondary N) is 1. The summed E-state index contributed by atoms with van der Waals surface area (Å²) in [4.78, 5) is 8.73. The van der Waals surface area contributed by atoms with Crippen molar-refractivity contribution in [1.82, 2.24) is 9.97 Å². The van der Waals surface area contributed by atoms with Crippen LogP contribution in [0.4, 0.5) is 13.2 Å². The average Bonchev–Trinajstić information content (AvgIpc) is 2.94. The standard InChI is InChI=1S/C17H15F3N2OS/c1-2-8-24-13-6-7-14-15(10-13)22-16(21-14)11-4-3-5-12(9-11)23-17(18,19)20/h3-7,9-10H,2,8H2,1H3,(H,21,22). The number of fused-ring (bicyclic) bond motifs is 1. The summed E-state index contributed by atoms with van der Waals surface area (Å²) in [5.41, 5.74) is 2.16. The van der Waals surface area contributed by atoms with Crippen molar-refractivity contribution in [3.05, 3.63) is 42.5 Å². The highest BCUT2D eigenvalue weighted by Crippen LogP contribution is 2.29. The molecule has 7 heteroatoms. The van der Waals surface area contributed by atoms with E-state index >= 15 is 0 Å². The van der Waals surface area contributed by atoms with Crippen LogP contribution >= 0.6 is 11.8 Å². The van der Waals surface area contributed by atoms with Crippen LogP contribution in [0.5, 0.6) is 5.75 Å². The van der Waals surface area contributed by atoms with Crippen molar-refractivity contribution in [3.63, 3.8) is 0 Å². The van der Waals surface area contributed by atoms with Crippen molar-refractivity contribution in [1.29, 1.82) is 0 Å². The first-order valence-corrected chi connectivity index (χ1v) is 8.42. The van der Waals surface area contributed by atoms with Crippen molar-refractivity contribution in [2.24, 2.45) is 0 Å². The summed E-state index contributed by atoms with van der Waals surface area (Å²) in [5, 5.41) is 0. The van der Waals surface area contributed by atoms with Crippen molar-refractivity contribution in [2.45, 2.75) is 24.6 Å². The molecule has 126 valence electrons. The van der Waals surface area contributed by atoms with Crippen molar-refractivity contribution >= 4 is 22.8 Å². The SMILES string of the molecule is CCCSc1ccc2nc(-c3cccc(OC(F)(F)F)c3)[nH]c2c1. The van der Waals surface area contributed by atoms with E-state index < -0.39 is 6.36 Å². The average molecular weight is 352 g/mol. The molecule has 24 heavy (non-hydrogen) atoms. The van der Waals surface area contributed by atoms with Gasteiger partial charge in [-0.25, -0.2) is 4.98 Å². The number of halogens is 3. The number of H-pyrrole nitrogens is 1. The number of thioether (sulfide) groups is 1. The fraction of sp³-hybridized carbons (Fsp3) is 0.235. The Kier molecular flexibility index (Phi) is 4.71. The maximum atomic E-state index is 12.3. The summed E-state index contributed by atoms with van der Waals surface area (Å²) >= 11 is 1.76. The van der Waals surface area contributed by atoms with Crippen LogP contribution in [0.2, 0.25) is 0 Å². The number of alkyl halides is 3. The number of aromatic nitrogens is 2. The number of nitrogens with zero attached hydrogens (tertiary/aromatic N) is 1. The summed E-state index contributed by atoms with van der Waals surface area (Å²) in [7, 11) is 0. The Bertz CT molecular complexity index is 845. The molecule has 0 fully saturated rings. The van der Waals surface area contributed by atoms with E-state index in [4.69, 9.17) is 0 Å². The quantitative estimate of drug-likeness (QED) is 0.605. The molecule has 0 aliphatic heterocycles. The second-order valence-corrected chi connectivity index (χ2v) is 6.36. The Hall–Kier alpha value is -2.15. The monoisotopic (exact) mass is 352 g/mol. The number of hydrogen-bond donors (Lipinski definition) is 1. The second kappa shape index (κ2) is 6.76. The summed E-state index contributed by atoms with van der Waals surface area (Å²) in [6.07, 6.45) is -3.62. The van der Waals surface area contributed by atoms with E-state index in [-0.39, 0.29) is 5.75 Å². The highest BCUT2D eigenvalue weighted by atomic mass is 32.2. The predicted octanol–water partition coefficient (Wildman–Crippen LogP) is 5.63. The molecule has 0 saturated carbocycles. The first kappa shape index (κ1) is 16.7. The summed E-state index contributed by atoms with van der Waals surface area (Å²) in [6, 6.07) is 11.7. The van der Waals surface area contributed by atoms with E-state index in [1.165, 1.54) is 18.2 Å². The zero-order valence-electron chi connectivity index (χ0n) is 12.9. The van der Waals surface area contributed by atoms with E-state index in [9.17, 15) is 13.2 Å². The van der Waals surface area contributed by atoms with E-state index in [1.54, 1.807) is 17.8 Å². The topological polar surface area (TPSA) is 37.9 Å². The van der Waals surface area contributed by atoms with Gasteiger partial charge in [0.05, 0.1) is 11.0 Å². The maximum Gasteiger partial charge on any atom is 0.573 e. The minimum atomic E-state index is -4.71. The normalized spacial score (nSPS) is 11.8. The molecular formula is C17H15F3N2OS. The van der Waals surface area contributed by atoms with Crippen LogP contribution < -0.4 is 4.74 Å². The molecule has 0 atom stereocenters. The lowest BCUT2D eigenvalue weighted by Gasteiger charge is -2.09. The molecule has 0 aliphatic rings. The Balaban J connectivity index is 1.90. The third-order valence-electron chi connectivity index (χ3n) is 3.27. The molecule has 0 aliphatic carbocycles. The minimum Gasteiger partial charge on any atom is -0.406 e. The van der Waals surface area contributed by atoms with E-state index in [2.05, 4.69) is 21.6 Å². The van der Waals surface area contributed by atoms with Gasteiger partial charge in [0.1, 0.15) is 11.6 Å². The largest absolute Gasteiger partial charge is 0.573 e. The molecule has 1 N–H and O–H groups in total. The summed E-state index contributed by atoms with van der Waals surface area (Å²) in [5.74, 6) is 1.28. The molecule has 2 aromatic carbocycles. The molecule has 0 unspecified atom stereocenters. The van der Waals surface area contributed by atoms with Crippen LogP contribution in [0.1, 0.15) is 13.3 Å². The van der Waals surface area contributed by atoms with Gasteiger partial charge in [0.2, 0.25) is 0 Å². The molecule has 0 amide bonds. The lowest BCUT2D eigenvalue weighted by atomic mass is 10.2. The predicted molar refractivity (Wildman–Crippen MR) is 89.2 cm³/mol. The Morgan fingerprint density at radius 2 is 2.00 bits per heavy atom. The third-order valence-corrected chi connectivity index (χ3v) is 4.47. The number of benzene rings is 2. The van der Waals surface area contributed by atoms with Crippen LogP contribution in [0.3, 0.4) is 0 Å². The zero-order valence-corrected chi connectivity index (χ0v) is 13.7. The molecule has 1 aromatic heterocycles. The Labute approximate surface area is 141 Å². The van der Waals surface area contributed by atoms with Crippen LogP contribution in [-0.2, 0) is 0 Å². The van der Waals surface area contributed by atoms with Crippen LogP contribution in [0, 0.1) is 0 Å². The highest BCUT2D eigenvalue weighted by Gasteiger charge is 2.31. The van der Waals surface area contributed by atoms with Gasteiger partial charge in [0.25, 0.3) is 0 Å². The number of imidazole rings is 1. The van der Waals surface area contributed by atoms with Gasteiger partial charge in [-0.2, -0.15) is 0 Å². The van der Waals surface area contributed by atoms with Crippen LogP contribution in [-0.4, -0.2) is 22.1 Å². The number of rotatable bonds is 5. The number of hydrogen-bond acceptors (Lipinski definition) is 3. The number of aromatic amines is 1. The lowest BCUT2D eigenvalue weighted by Crippen LogP contribution is -2.17. The molecule has 0 bridgehead atoms. The summed E-state index contributed by atoms with van der Waals surface area (Å²) in [6.45, 7) is 2.12. The number of ether oxygens (including phenoxy) is 1. The van der Waals surface area contributed by atoms with Gasteiger partial charge in [0, 0.05) is 10.5 Å². The molecule has 3 nitrogen and oxygen atoms in total. The Morgan fingerprint density at radius 3 is 2.75 bits per heavy atom. The van der Waals surface area contributed by atoms with Gasteiger partial charge < -0.3 is 9.72 Å². The lowest BCUT2D eigenvalue weighted by molar-refractivity contribution is -0.274. The fourth-order valence-electron chi connectivity index (χ4n) is 2.28. The molecule has 0 radical (unpaired) electrons. The van der Waals surface area contributed by atoms with Gasteiger partial charge in [-0.05, 0) is 42.5 Å². The van der Waals surface area contributed by atoms with Gasteiger partial charge in [0.15, 0.2) is 0 Å². The molecule has 0 spiro atoms. The van der Waals surface area contributed by atoms with Crippen molar-refractivity contribution in [2.75, 3.05) is 5.75 Å². The van der Waals surface area contributed by atoms with Gasteiger partial charge in [-0.3, -0.25) is 0 Å². The second-order valence-electron chi connectivity index (χ2n) is 5.19. The molecule has 3 aromatic rings. The third kappa shape index (κ3) is 4.03. The fourth-order valence-corrected chi connectivity index (χ4v) is 3.08. The first-order valence-electron chi connectivity index (χ1n) is 7.43. The molecule has 0 saturated heterocycles. The first-order chi connectivity index (χ1) is 11.4. The van der Waals surface area contributed by atoms with Gasteiger partial charge >= 0.3 is 6.36 Å². The van der Waals surface area contributed by atoms with Crippen molar-refractivity contribution < 1.29 is 17.9 Å². The molecular weight excluding hydrogens is 337 g/mol. The van der Waals surface area contributed by atoms with Gasteiger partial charge in [-0.15, -0.1) is 24.9 Å². The smallest absolute Gasteiger partial charge is 0.406 e. The van der Waals surface area contributed by atoms with E-state index in [0.29, 0.717) is 11.4 Å². The van der Waals surface area contributed by atoms with Crippen molar-refractivity contribution in [3.8, 4) is 17.1 Å². The van der Waals surface area contributed by atoms with Crippen LogP contribution in [0.25, 0.3) is 22.4 Å². The Morgan fingerprint density at radius 1 is 1.17 bits per heavy atom. The van der Waals surface area contributed by atoms with E-state index in [0.717, 1.165) is 28.1 Å². The minimum absolute atomic E-state index is 0.264. The summed E-state index contributed by atoms with van der Waals surface area (Å²) < 4.78 is 41.0. The van der Waals surface area contributed by atoms with E-state index in [1.807, 2.05) is 18.2 Å². The molecule has 3 rings (SSSR count). The highest BCUT2D eigenvalue weighted by molar-refractivity contribution is 7.99.